The van der Waals surface area contributed by atoms with Gasteiger partial charge in [-0.3, -0.25) is 4.90 Å². The highest BCUT2D eigenvalue weighted by atomic mass is 16.6. The fourth-order valence-corrected chi connectivity index (χ4v) is 3.34. The molecule has 2 atom stereocenters. The molecule has 0 aromatic rings. The van der Waals surface area contributed by atoms with Crippen LogP contribution in [-0.2, 0) is 4.74 Å². The Balaban J connectivity index is 1.74. The van der Waals surface area contributed by atoms with Crippen molar-refractivity contribution >= 4 is 6.09 Å². The molecule has 1 saturated carbocycles. The molecule has 0 spiro atoms. The van der Waals surface area contributed by atoms with Crippen LogP contribution in [0.15, 0.2) is 0 Å². The van der Waals surface area contributed by atoms with Crippen LogP contribution in [-0.4, -0.2) is 42.3 Å². The van der Waals surface area contributed by atoms with Gasteiger partial charge in [-0.05, 0) is 25.8 Å². The summed E-state index contributed by atoms with van der Waals surface area (Å²) in [4.78, 5) is 14.0. The normalized spacial score (nSPS) is 36.0. The van der Waals surface area contributed by atoms with Crippen LogP contribution in [0.2, 0.25) is 0 Å². The summed E-state index contributed by atoms with van der Waals surface area (Å²) in [6.07, 6.45) is 7.24. The Morgan fingerprint density at radius 1 is 1.19 bits per heavy atom. The Hall–Kier alpha value is -0.770. The van der Waals surface area contributed by atoms with Crippen LogP contribution in [0.3, 0.4) is 0 Å². The predicted molar refractivity (Wildman–Crippen MR) is 60.3 cm³/mol. The topological polar surface area (TPSA) is 41.6 Å². The molecule has 0 aromatic carbocycles. The second-order valence-electron chi connectivity index (χ2n) is 5.18. The number of carbonyl (C=O) groups excluding carboxylic acids is 1. The Morgan fingerprint density at radius 3 is 2.81 bits per heavy atom. The van der Waals surface area contributed by atoms with E-state index in [0.717, 1.165) is 19.5 Å². The largest absolute Gasteiger partial charge is 0.444 e. The van der Waals surface area contributed by atoms with Gasteiger partial charge in [0.1, 0.15) is 6.10 Å². The van der Waals surface area contributed by atoms with Gasteiger partial charge in [0.15, 0.2) is 0 Å². The monoisotopic (exact) mass is 224 g/mol. The number of hydrogen-bond donors (Lipinski definition) is 1. The maximum Gasteiger partial charge on any atom is 0.410 e. The zero-order valence-corrected chi connectivity index (χ0v) is 9.65. The molecule has 2 unspecified atom stereocenters. The zero-order chi connectivity index (χ0) is 11.0. The van der Waals surface area contributed by atoms with Crippen molar-refractivity contribution in [1.29, 1.82) is 0 Å². The first kappa shape index (κ1) is 10.4. The van der Waals surface area contributed by atoms with E-state index in [1.807, 2.05) is 4.90 Å². The highest BCUT2D eigenvalue weighted by Crippen LogP contribution is 2.31. The second kappa shape index (κ2) is 4.24. The third-order valence-electron chi connectivity index (χ3n) is 4.18. The summed E-state index contributed by atoms with van der Waals surface area (Å²) in [7, 11) is 0. The van der Waals surface area contributed by atoms with Gasteiger partial charge in [-0.1, -0.05) is 19.3 Å². The maximum atomic E-state index is 11.9. The fraction of sp³-hybridized carbons (Fsp3) is 0.917. The van der Waals surface area contributed by atoms with Crippen molar-refractivity contribution in [1.82, 2.24) is 10.2 Å². The minimum Gasteiger partial charge on any atom is -0.444 e. The van der Waals surface area contributed by atoms with Gasteiger partial charge in [0, 0.05) is 12.6 Å². The van der Waals surface area contributed by atoms with E-state index in [4.69, 9.17) is 4.74 Å². The van der Waals surface area contributed by atoms with E-state index in [2.05, 4.69) is 5.32 Å². The summed E-state index contributed by atoms with van der Waals surface area (Å²) in [6.45, 7) is 1.89. The molecule has 1 amide bonds. The van der Waals surface area contributed by atoms with E-state index in [1.165, 1.54) is 32.1 Å². The standard InChI is InChI=1S/C12H20N2O2/c15-12-14(9-4-2-1-3-5-9)10-8-13-7-6-11(10)16-12/h9-11,13H,1-8H2. The van der Waals surface area contributed by atoms with E-state index < -0.39 is 0 Å². The Labute approximate surface area is 96.3 Å². The summed E-state index contributed by atoms with van der Waals surface area (Å²) in [5.74, 6) is 0. The summed E-state index contributed by atoms with van der Waals surface area (Å²) >= 11 is 0. The average Bonchev–Trinajstić information content (AvgIpc) is 2.66. The lowest BCUT2D eigenvalue weighted by molar-refractivity contribution is 0.117. The van der Waals surface area contributed by atoms with E-state index in [9.17, 15) is 4.79 Å². The molecule has 1 aliphatic carbocycles. The predicted octanol–water partition coefficient (Wildman–Crippen LogP) is 1.50. The molecule has 3 aliphatic rings. The molecule has 3 fully saturated rings. The molecule has 1 N–H and O–H groups in total. The first-order chi connectivity index (χ1) is 7.86. The van der Waals surface area contributed by atoms with Gasteiger partial charge in [-0.15, -0.1) is 0 Å². The number of carbonyl (C=O) groups is 1. The second-order valence-corrected chi connectivity index (χ2v) is 5.18. The lowest BCUT2D eigenvalue weighted by Gasteiger charge is -2.36. The first-order valence-electron chi connectivity index (χ1n) is 6.56. The molecule has 4 heteroatoms. The van der Waals surface area contributed by atoms with E-state index in [1.54, 1.807) is 0 Å². The molecule has 0 radical (unpaired) electrons. The number of hydrogen-bond acceptors (Lipinski definition) is 3. The SMILES string of the molecule is O=C1OC2CCNCC2N1C1CCCCC1. The minimum atomic E-state index is -0.0643. The lowest BCUT2D eigenvalue weighted by atomic mass is 9.92. The molecule has 4 nitrogen and oxygen atoms in total. The zero-order valence-electron chi connectivity index (χ0n) is 9.65. The first-order valence-corrected chi connectivity index (χ1v) is 6.56. The highest BCUT2D eigenvalue weighted by Gasteiger charge is 2.45. The van der Waals surface area contributed by atoms with Crippen LogP contribution in [0.5, 0.6) is 0 Å². The highest BCUT2D eigenvalue weighted by molar-refractivity contribution is 5.71. The van der Waals surface area contributed by atoms with Crippen LogP contribution in [0.25, 0.3) is 0 Å². The van der Waals surface area contributed by atoms with E-state index >= 15 is 0 Å². The van der Waals surface area contributed by atoms with Crippen molar-refractivity contribution in [2.75, 3.05) is 13.1 Å². The van der Waals surface area contributed by atoms with Gasteiger partial charge in [0.25, 0.3) is 0 Å². The number of fused-ring (bicyclic) bond motifs is 1. The molecule has 3 rings (SSSR count). The van der Waals surface area contributed by atoms with Gasteiger partial charge in [-0.2, -0.15) is 0 Å². The fourth-order valence-electron chi connectivity index (χ4n) is 3.34. The van der Waals surface area contributed by atoms with Crippen molar-refractivity contribution in [3.8, 4) is 0 Å². The Morgan fingerprint density at radius 2 is 2.00 bits per heavy atom. The number of nitrogens with zero attached hydrogens (tertiary/aromatic N) is 1. The van der Waals surface area contributed by atoms with Crippen LogP contribution in [0.1, 0.15) is 38.5 Å². The summed E-state index contributed by atoms with van der Waals surface area (Å²) in [5.41, 5.74) is 0. The Bertz CT molecular complexity index is 276. The number of piperidine rings is 1. The van der Waals surface area contributed by atoms with Gasteiger partial charge in [-0.25, -0.2) is 4.79 Å². The lowest BCUT2D eigenvalue weighted by Crippen LogP contribution is -2.52. The number of rotatable bonds is 1. The average molecular weight is 224 g/mol. The molecule has 16 heavy (non-hydrogen) atoms. The van der Waals surface area contributed by atoms with Crippen LogP contribution >= 0.6 is 0 Å². The maximum absolute atomic E-state index is 11.9. The molecule has 0 bridgehead atoms. The van der Waals surface area contributed by atoms with E-state index in [-0.39, 0.29) is 12.2 Å². The third kappa shape index (κ3) is 1.69. The molecular formula is C12H20N2O2. The van der Waals surface area contributed by atoms with Crippen LogP contribution in [0.4, 0.5) is 4.79 Å². The third-order valence-corrected chi connectivity index (χ3v) is 4.18. The number of amides is 1. The summed E-state index contributed by atoms with van der Waals surface area (Å²) in [6, 6.07) is 0.737. The minimum absolute atomic E-state index is 0.0643. The molecule has 90 valence electrons. The quantitative estimate of drug-likeness (QED) is 0.734. The van der Waals surface area contributed by atoms with Gasteiger partial charge >= 0.3 is 6.09 Å². The molecule has 2 aliphatic heterocycles. The van der Waals surface area contributed by atoms with Crippen molar-refractivity contribution in [3.63, 3.8) is 0 Å². The van der Waals surface area contributed by atoms with Crippen molar-refractivity contribution in [3.05, 3.63) is 0 Å². The van der Waals surface area contributed by atoms with E-state index in [0.29, 0.717) is 12.1 Å². The Kier molecular flexibility index (Phi) is 2.75. The van der Waals surface area contributed by atoms with Crippen molar-refractivity contribution in [2.45, 2.75) is 56.7 Å². The van der Waals surface area contributed by atoms with Gasteiger partial charge in [0.05, 0.1) is 6.04 Å². The summed E-state index contributed by atoms with van der Waals surface area (Å²) < 4.78 is 5.48. The van der Waals surface area contributed by atoms with Gasteiger partial charge < -0.3 is 10.1 Å². The number of nitrogens with one attached hydrogen (secondary N) is 1. The summed E-state index contributed by atoms with van der Waals surface area (Å²) in [5, 5.41) is 3.37. The van der Waals surface area contributed by atoms with Crippen LogP contribution in [0, 0.1) is 0 Å². The smallest absolute Gasteiger partial charge is 0.410 e. The van der Waals surface area contributed by atoms with Crippen molar-refractivity contribution in [2.24, 2.45) is 0 Å². The van der Waals surface area contributed by atoms with Crippen molar-refractivity contribution < 1.29 is 9.53 Å². The molecule has 2 heterocycles. The van der Waals surface area contributed by atoms with Gasteiger partial charge in [0.2, 0.25) is 0 Å². The number of ether oxygens (including phenoxy) is 1. The molecule has 2 saturated heterocycles. The van der Waals surface area contributed by atoms with Crippen LogP contribution < -0.4 is 5.32 Å². The molecular weight excluding hydrogens is 204 g/mol. The molecule has 0 aromatic heterocycles.